The maximum atomic E-state index is 11.6. The van der Waals surface area contributed by atoms with Crippen molar-refractivity contribution in [3.05, 3.63) is 57.1 Å². The number of hydrogen-bond acceptors (Lipinski definition) is 6. The van der Waals surface area contributed by atoms with Gasteiger partial charge in [0.1, 0.15) is 0 Å². The van der Waals surface area contributed by atoms with Crippen LogP contribution in [0.25, 0.3) is 10.2 Å². The largest absolute Gasteiger partial charge is 0.355 e. The average Bonchev–Trinajstić information content (AvgIpc) is 2.95. The molecule has 0 aliphatic heterocycles. The SMILES string of the molecule is CNC(=O)c1ccc(Sc2nc3cc(Cl)ccc3s2)c([N+](=O)[O-])c1. The number of hydrogen-bond donors (Lipinski definition) is 1. The lowest BCUT2D eigenvalue weighted by atomic mass is 10.2. The summed E-state index contributed by atoms with van der Waals surface area (Å²) >= 11 is 8.57. The minimum absolute atomic E-state index is 0.126. The van der Waals surface area contributed by atoms with Crippen LogP contribution >= 0.6 is 34.7 Å². The number of carbonyl (C=O) groups is 1. The van der Waals surface area contributed by atoms with Crippen LogP contribution in [0.3, 0.4) is 0 Å². The molecule has 1 amide bonds. The molecule has 0 aliphatic rings. The van der Waals surface area contributed by atoms with Gasteiger partial charge in [0.15, 0.2) is 4.34 Å². The molecular formula is C15H10ClN3O3S2. The maximum absolute atomic E-state index is 11.6. The number of fused-ring (bicyclic) bond motifs is 1. The Kier molecular flexibility index (Phi) is 4.70. The molecule has 9 heteroatoms. The molecule has 2 aromatic carbocycles. The van der Waals surface area contributed by atoms with Gasteiger partial charge in [-0.15, -0.1) is 11.3 Å². The number of amides is 1. The standard InChI is InChI=1S/C15H10ClN3O3S2/c1-17-14(20)8-2-4-13(11(6-8)19(21)22)24-15-18-10-7-9(16)3-5-12(10)23-15/h2-7H,1H3,(H,17,20). The second kappa shape index (κ2) is 6.76. The molecule has 0 spiro atoms. The Bertz CT molecular complexity index is 958. The minimum Gasteiger partial charge on any atom is -0.355 e. The first-order valence-electron chi connectivity index (χ1n) is 6.72. The van der Waals surface area contributed by atoms with E-state index in [0.29, 0.717) is 14.3 Å². The van der Waals surface area contributed by atoms with Crippen LogP contribution in [0.2, 0.25) is 5.02 Å². The monoisotopic (exact) mass is 379 g/mol. The van der Waals surface area contributed by atoms with E-state index in [-0.39, 0.29) is 17.2 Å². The minimum atomic E-state index is -0.501. The molecule has 0 atom stereocenters. The lowest BCUT2D eigenvalue weighted by Gasteiger charge is -2.03. The summed E-state index contributed by atoms with van der Waals surface area (Å²) in [6.45, 7) is 0. The lowest BCUT2D eigenvalue weighted by Crippen LogP contribution is -2.17. The molecule has 1 heterocycles. The summed E-state index contributed by atoms with van der Waals surface area (Å²) in [5.74, 6) is -0.371. The number of nitrogens with zero attached hydrogens (tertiary/aromatic N) is 2. The Labute approximate surface area is 150 Å². The van der Waals surface area contributed by atoms with Crippen LogP contribution in [0.1, 0.15) is 10.4 Å². The van der Waals surface area contributed by atoms with Gasteiger partial charge in [-0.1, -0.05) is 23.4 Å². The van der Waals surface area contributed by atoms with Gasteiger partial charge >= 0.3 is 0 Å². The fourth-order valence-electron chi connectivity index (χ4n) is 2.05. The number of nitro groups is 1. The van der Waals surface area contributed by atoms with E-state index < -0.39 is 4.92 Å². The number of carbonyl (C=O) groups excluding carboxylic acids is 1. The molecule has 0 saturated carbocycles. The molecule has 6 nitrogen and oxygen atoms in total. The van der Waals surface area contributed by atoms with Crippen LogP contribution in [0.15, 0.2) is 45.6 Å². The number of thiazole rings is 1. The highest BCUT2D eigenvalue weighted by Gasteiger charge is 2.19. The molecule has 0 unspecified atom stereocenters. The summed E-state index contributed by atoms with van der Waals surface area (Å²) in [4.78, 5) is 27.3. The van der Waals surface area contributed by atoms with Crippen molar-refractivity contribution in [3.8, 4) is 0 Å². The van der Waals surface area contributed by atoms with Crippen molar-refractivity contribution < 1.29 is 9.72 Å². The van der Waals surface area contributed by atoms with Crippen LogP contribution in [0, 0.1) is 10.1 Å². The molecule has 0 aliphatic carbocycles. The third kappa shape index (κ3) is 3.35. The number of halogens is 1. The van der Waals surface area contributed by atoms with Gasteiger partial charge in [-0.2, -0.15) is 0 Å². The molecular weight excluding hydrogens is 370 g/mol. The number of nitro benzene ring substituents is 1. The molecule has 122 valence electrons. The Morgan fingerprint density at radius 1 is 1.33 bits per heavy atom. The Balaban J connectivity index is 1.98. The molecule has 3 aromatic rings. The van der Waals surface area contributed by atoms with Gasteiger partial charge in [0.2, 0.25) is 0 Å². The topological polar surface area (TPSA) is 85.1 Å². The van der Waals surface area contributed by atoms with Gasteiger partial charge in [0.05, 0.1) is 20.0 Å². The number of benzene rings is 2. The van der Waals surface area contributed by atoms with Crippen molar-refractivity contribution in [1.82, 2.24) is 10.3 Å². The zero-order chi connectivity index (χ0) is 17.3. The Morgan fingerprint density at radius 3 is 2.83 bits per heavy atom. The lowest BCUT2D eigenvalue weighted by molar-refractivity contribution is -0.387. The molecule has 0 radical (unpaired) electrons. The van der Waals surface area contributed by atoms with Crippen molar-refractivity contribution in [2.45, 2.75) is 9.24 Å². The molecule has 0 fully saturated rings. The first-order chi connectivity index (χ1) is 11.5. The van der Waals surface area contributed by atoms with Crippen LogP contribution in [0.4, 0.5) is 5.69 Å². The maximum Gasteiger partial charge on any atom is 0.284 e. The second-order valence-corrected chi connectivity index (χ2v) is 7.47. The third-order valence-corrected chi connectivity index (χ3v) is 5.57. The predicted octanol–water partition coefficient (Wildman–Crippen LogP) is 4.37. The average molecular weight is 380 g/mol. The van der Waals surface area contributed by atoms with Gasteiger partial charge < -0.3 is 5.32 Å². The van der Waals surface area contributed by atoms with Gasteiger partial charge in [-0.25, -0.2) is 4.98 Å². The summed E-state index contributed by atoms with van der Waals surface area (Å²) < 4.78 is 1.62. The van der Waals surface area contributed by atoms with E-state index in [9.17, 15) is 14.9 Å². The summed E-state index contributed by atoms with van der Waals surface area (Å²) in [6.07, 6.45) is 0. The predicted molar refractivity (Wildman–Crippen MR) is 95.2 cm³/mol. The number of rotatable bonds is 4. The number of nitrogens with one attached hydrogen (secondary N) is 1. The van der Waals surface area contributed by atoms with E-state index in [4.69, 9.17) is 11.6 Å². The van der Waals surface area contributed by atoms with Crippen LogP contribution in [-0.2, 0) is 0 Å². The van der Waals surface area contributed by atoms with Crippen molar-refractivity contribution in [1.29, 1.82) is 0 Å². The zero-order valence-corrected chi connectivity index (χ0v) is 14.7. The molecule has 24 heavy (non-hydrogen) atoms. The first kappa shape index (κ1) is 16.7. The van der Waals surface area contributed by atoms with Crippen LogP contribution in [0.5, 0.6) is 0 Å². The summed E-state index contributed by atoms with van der Waals surface area (Å²) in [5, 5.41) is 14.4. The van der Waals surface area contributed by atoms with Gasteiger partial charge in [-0.05, 0) is 30.3 Å². The second-order valence-electron chi connectivity index (χ2n) is 4.71. The highest BCUT2D eigenvalue weighted by molar-refractivity contribution is 8.01. The number of aromatic nitrogens is 1. The van der Waals surface area contributed by atoms with Gasteiger partial charge in [0, 0.05) is 23.7 Å². The summed E-state index contributed by atoms with van der Waals surface area (Å²) in [6, 6.07) is 9.77. The van der Waals surface area contributed by atoms with Crippen molar-refractivity contribution in [3.63, 3.8) is 0 Å². The first-order valence-corrected chi connectivity index (χ1v) is 8.73. The van der Waals surface area contributed by atoms with E-state index in [2.05, 4.69) is 10.3 Å². The quantitative estimate of drug-likeness (QED) is 0.537. The smallest absolute Gasteiger partial charge is 0.284 e. The highest BCUT2D eigenvalue weighted by atomic mass is 35.5. The van der Waals surface area contributed by atoms with E-state index >= 15 is 0 Å². The fourth-order valence-corrected chi connectivity index (χ4v) is 4.30. The van der Waals surface area contributed by atoms with Crippen molar-refractivity contribution in [2.24, 2.45) is 0 Å². The summed E-state index contributed by atoms with van der Waals surface area (Å²) in [5.41, 5.74) is 0.864. The molecule has 1 N–H and O–H groups in total. The van der Waals surface area contributed by atoms with Crippen LogP contribution in [-0.4, -0.2) is 22.9 Å². The molecule has 3 rings (SSSR count). The van der Waals surface area contributed by atoms with E-state index in [1.54, 1.807) is 24.3 Å². The molecule has 0 saturated heterocycles. The fraction of sp³-hybridized carbons (Fsp3) is 0.0667. The Morgan fingerprint density at radius 2 is 2.12 bits per heavy atom. The van der Waals surface area contributed by atoms with Crippen LogP contribution < -0.4 is 5.32 Å². The van der Waals surface area contributed by atoms with Crippen molar-refractivity contribution in [2.75, 3.05) is 7.05 Å². The van der Waals surface area contributed by atoms with Gasteiger partial charge in [-0.3, -0.25) is 14.9 Å². The normalized spacial score (nSPS) is 10.8. The van der Waals surface area contributed by atoms with E-state index in [1.807, 2.05) is 6.07 Å². The molecule has 1 aromatic heterocycles. The third-order valence-electron chi connectivity index (χ3n) is 3.17. The van der Waals surface area contributed by atoms with Gasteiger partial charge in [0.25, 0.3) is 11.6 Å². The van der Waals surface area contributed by atoms with E-state index in [1.165, 1.54) is 36.2 Å². The Hall–Kier alpha value is -2.16. The highest BCUT2D eigenvalue weighted by Crippen LogP contribution is 2.39. The zero-order valence-electron chi connectivity index (χ0n) is 12.3. The van der Waals surface area contributed by atoms with Crippen molar-refractivity contribution >= 4 is 56.5 Å². The van der Waals surface area contributed by atoms with E-state index in [0.717, 1.165) is 10.2 Å². The molecule has 0 bridgehead atoms. The summed E-state index contributed by atoms with van der Waals surface area (Å²) in [7, 11) is 1.48.